The Labute approximate surface area is 111 Å². The van der Waals surface area contributed by atoms with Gasteiger partial charge in [0.05, 0.1) is 0 Å². The lowest BCUT2D eigenvalue weighted by Gasteiger charge is -2.11. The van der Waals surface area contributed by atoms with Crippen molar-refractivity contribution in [2.75, 3.05) is 11.1 Å². The molecular formula is C15H16FNS. The molecule has 0 heterocycles. The number of anilines is 1. The summed E-state index contributed by atoms with van der Waals surface area (Å²) in [6.07, 6.45) is 0. The molecule has 0 aliphatic rings. The number of hydrogen-bond donors (Lipinski definition) is 1. The third-order valence-corrected chi connectivity index (χ3v) is 3.57. The lowest BCUT2D eigenvalue weighted by molar-refractivity contribution is 0.613. The molecule has 0 aliphatic heterocycles. The van der Waals surface area contributed by atoms with Gasteiger partial charge in [-0.25, -0.2) is 4.39 Å². The summed E-state index contributed by atoms with van der Waals surface area (Å²) in [6.45, 7) is 2.63. The summed E-state index contributed by atoms with van der Waals surface area (Å²) in [7, 11) is 0. The topological polar surface area (TPSA) is 12.0 Å². The van der Waals surface area contributed by atoms with Crippen LogP contribution in [0.2, 0.25) is 0 Å². The van der Waals surface area contributed by atoms with Crippen molar-refractivity contribution >= 4 is 17.4 Å². The minimum atomic E-state index is -0.161. The van der Waals surface area contributed by atoms with Crippen molar-refractivity contribution in [1.82, 2.24) is 0 Å². The van der Waals surface area contributed by atoms with Crippen LogP contribution in [-0.4, -0.2) is 5.75 Å². The van der Waals surface area contributed by atoms with Crippen molar-refractivity contribution in [1.29, 1.82) is 0 Å². The quantitative estimate of drug-likeness (QED) is 0.792. The molecule has 0 saturated carbocycles. The second-order valence-corrected chi connectivity index (χ2v) is 5.18. The molecule has 0 aliphatic carbocycles. The van der Waals surface area contributed by atoms with E-state index in [0.717, 1.165) is 11.4 Å². The van der Waals surface area contributed by atoms with Crippen LogP contribution in [0.3, 0.4) is 0 Å². The first-order chi connectivity index (χ1) is 8.81. The molecule has 0 unspecified atom stereocenters. The number of benzene rings is 2. The van der Waals surface area contributed by atoms with E-state index in [9.17, 15) is 4.39 Å². The maximum absolute atomic E-state index is 13.5. The third kappa shape index (κ3) is 3.26. The van der Waals surface area contributed by atoms with Crippen LogP contribution in [0.25, 0.3) is 0 Å². The molecule has 1 N–H and O–H groups in total. The van der Waals surface area contributed by atoms with Crippen molar-refractivity contribution in [3.63, 3.8) is 0 Å². The van der Waals surface area contributed by atoms with E-state index in [1.54, 1.807) is 23.9 Å². The maximum atomic E-state index is 13.5. The van der Waals surface area contributed by atoms with Gasteiger partial charge < -0.3 is 5.32 Å². The second kappa shape index (κ2) is 6.45. The van der Waals surface area contributed by atoms with Gasteiger partial charge in [-0.2, -0.15) is 0 Å². The highest BCUT2D eigenvalue weighted by atomic mass is 32.2. The molecule has 0 fully saturated rings. The molecule has 94 valence electrons. The maximum Gasteiger partial charge on any atom is 0.128 e. The smallest absolute Gasteiger partial charge is 0.128 e. The fourth-order valence-corrected chi connectivity index (χ4v) is 2.51. The third-order valence-electron chi connectivity index (χ3n) is 2.61. The van der Waals surface area contributed by atoms with Crippen LogP contribution in [0.15, 0.2) is 53.4 Å². The zero-order valence-corrected chi connectivity index (χ0v) is 11.1. The zero-order chi connectivity index (χ0) is 12.8. The normalized spacial score (nSPS) is 10.3. The Kier molecular flexibility index (Phi) is 4.65. The molecule has 3 heteroatoms. The number of halogens is 1. The largest absolute Gasteiger partial charge is 0.380 e. The van der Waals surface area contributed by atoms with E-state index in [2.05, 4.69) is 18.3 Å². The van der Waals surface area contributed by atoms with Crippen LogP contribution in [-0.2, 0) is 6.54 Å². The summed E-state index contributed by atoms with van der Waals surface area (Å²) < 4.78 is 13.5. The first-order valence-electron chi connectivity index (χ1n) is 6.00. The first kappa shape index (κ1) is 13.0. The van der Waals surface area contributed by atoms with Crippen molar-refractivity contribution in [2.45, 2.75) is 18.4 Å². The highest BCUT2D eigenvalue weighted by molar-refractivity contribution is 7.99. The average Bonchev–Trinajstić information content (AvgIpc) is 2.40. The van der Waals surface area contributed by atoms with Gasteiger partial charge in [-0.3, -0.25) is 0 Å². The summed E-state index contributed by atoms with van der Waals surface area (Å²) >= 11 is 1.78. The van der Waals surface area contributed by atoms with E-state index in [4.69, 9.17) is 0 Å². The standard InChI is InChI=1S/C15H16FNS/c1-2-18-15-10-6-5-9-14(15)17-11-12-7-3-4-8-13(12)16/h3-10,17H,2,11H2,1H3. The fourth-order valence-electron chi connectivity index (χ4n) is 1.73. The molecule has 0 radical (unpaired) electrons. The zero-order valence-electron chi connectivity index (χ0n) is 10.3. The number of para-hydroxylation sites is 1. The Hall–Kier alpha value is -1.48. The number of thioether (sulfide) groups is 1. The molecule has 0 atom stereocenters. The highest BCUT2D eigenvalue weighted by Crippen LogP contribution is 2.27. The predicted octanol–water partition coefficient (Wildman–Crippen LogP) is 4.55. The molecule has 2 rings (SSSR count). The minimum Gasteiger partial charge on any atom is -0.380 e. The molecule has 0 amide bonds. The molecular weight excluding hydrogens is 245 g/mol. The average molecular weight is 261 g/mol. The van der Waals surface area contributed by atoms with Gasteiger partial charge in [-0.05, 0) is 24.0 Å². The van der Waals surface area contributed by atoms with Gasteiger partial charge in [0.2, 0.25) is 0 Å². The molecule has 2 aromatic rings. The molecule has 0 aromatic heterocycles. The van der Waals surface area contributed by atoms with Crippen molar-refractivity contribution in [3.8, 4) is 0 Å². The van der Waals surface area contributed by atoms with Crippen LogP contribution in [0.1, 0.15) is 12.5 Å². The predicted molar refractivity (Wildman–Crippen MR) is 76.6 cm³/mol. The van der Waals surface area contributed by atoms with Crippen molar-refractivity contribution in [2.24, 2.45) is 0 Å². The number of hydrogen-bond acceptors (Lipinski definition) is 2. The summed E-state index contributed by atoms with van der Waals surface area (Å²) in [5.41, 5.74) is 1.75. The highest BCUT2D eigenvalue weighted by Gasteiger charge is 2.03. The van der Waals surface area contributed by atoms with Crippen molar-refractivity contribution < 1.29 is 4.39 Å². The molecule has 0 saturated heterocycles. The van der Waals surface area contributed by atoms with Crippen LogP contribution < -0.4 is 5.32 Å². The lowest BCUT2D eigenvalue weighted by Crippen LogP contribution is -2.02. The summed E-state index contributed by atoms with van der Waals surface area (Å²) in [6, 6.07) is 15.0. The number of nitrogens with one attached hydrogen (secondary N) is 1. The van der Waals surface area contributed by atoms with Crippen LogP contribution in [0, 0.1) is 5.82 Å². The van der Waals surface area contributed by atoms with E-state index in [-0.39, 0.29) is 5.82 Å². The van der Waals surface area contributed by atoms with Gasteiger partial charge in [0.15, 0.2) is 0 Å². The summed E-state index contributed by atoms with van der Waals surface area (Å²) in [5.74, 6) is 0.865. The Morgan fingerprint density at radius 2 is 1.78 bits per heavy atom. The van der Waals surface area contributed by atoms with Gasteiger partial charge >= 0.3 is 0 Å². The van der Waals surface area contributed by atoms with Crippen LogP contribution in [0.4, 0.5) is 10.1 Å². The number of rotatable bonds is 5. The first-order valence-corrected chi connectivity index (χ1v) is 6.99. The van der Waals surface area contributed by atoms with Gasteiger partial charge in [0, 0.05) is 22.7 Å². The van der Waals surface area contributed by atoms with Crippen LogP contribution in [0.5, 0.6) is 0 Å². The van der Waals surface area contributed by atoms with Gasteiger partial charge in [-0.1, -0.05) is 37.3 Å². The molecule has 18 heavy (non-hydrogen) atoms. The van der Waals surface area contributed by atoms with E-state index >= 15 is 0 Å². The van der Waals surface area contributed by atoms with E-state index < -0.39 is 0 Å². The van der Waals surface area contributed by atoms with Gasteiger partial charge in [0.1, 0.15) is 5.82 Å². The van der Waals surface area contributed by atoms with Crippen molar-refractivity contribution in [3.05, 3.63) is 59.9 Å². The SMILES string of the molecule is CCSc1ccccc1NCc1ccccc1F. The second-order valence-electron chi connectivity index (χ2n) is 3.87. The summed E-state index contributed by atoms with van der Waals surface area (Å²) in [4.78, 5) is 1.20. The molecule has 1 nitrogen and oxygen atoms in total. The summed E-state index contributed by atoms with van der Waals surface area (Å²) in [5, 5.41) is 3.29. The van der Waals surface area contributed by atoms with E-state index in [0.29, 0.717) is 12.1 Å². The lowest BCUT2D eigenvalue weighted by atomic mass is 10.2. The fraction of sp³-hybridized carbons (Fsp3) is 0.200. The molecule has 0 bridgehead atoms. The van der Waals surface area contributed by atoms with E-state index in [1.807, 2.05) is 24.3 Å². The Morgan fingerprint density at radius 1 is 1.06 bits per heavy atom. The van der Waals surface area contributed by atoms with Gasteiger partial charge in [-0.15, -0.1) is 11.8 Å². The minimum absolute atomic E-state index is 0.161. The van der Waals surface area contributed by atoms with Gasteiger partial charge in [0.25, 0.3) is 0 Å². The molecule has 2 aromatic carbocycles. The molecule has 0 spiro atoms. The van der Waals surface area contributed by atoms with E-state index in [1.165, 1.54) is 11.0 Å². The Balaban J connectivity index is 2.08. The van der Waals surface area contributed by atoms with Crippen LogP contribution >= 0.6 is 11.8 Å². The Bertz CT molecular complexity index is 513. The Morgan fingerprint density at radius 3 is 2.56 bits per heavy atom. The monoisotopic (exact) mass is 261 g/mol.